The first-order valence-electron chi connectivity index (χ1n) is 9.06. The van der Waals surface area contributed by atoms with E-state index in [1.807, 2.05) is 18.2 Å². The topological polar surface area (TPSA) is 44.4 Å². The zero-order chi connectivity index (χ0) is 17.6. The number of carbonyl (C=O) groups excluding carboxylic acids is 1. The van der Waals surface area contributed by atoms with Crippen LogP contribution < -0.4 is 10.6 Å². The Morgan fingerprint density at radius 3 is 2.72 bits per heavy atom. The Morgan fingerprint density at radius 1 is 1.20 bits per heavy atom. The largest absolute Gasteiger partial charge is 0.355 e. The lowest BCUT2D eigenvalue weighted by molar-refractivity contribution is 0.0962. The molecule has 1 aliphatic rings. The Morgan fingerprint density at radius 2 is 2.00 bits per heavy atom. The SMILES string of the molecule is CCc1ccc(C2CNCCN2Cc2cccc(C(=O)NC)c2)cc1. The van der Waals surface area contributed by atoms with E-state index in [4.69, 9.17) is 0 Å². The highest BCUT2D eigenvalue weighted by molar-refractivity contribution is 5.94. The van der Waals surface area contributed by atoms with E-state index in [0.717, 1.165) is 38.2 Å². The summed E-state index contributed by atoms with van der Waals surface area (Å²) in [4.78, 5) is 14.4. The minimum absolute atomic E-state index is 0.0335. The van der Waals surface area contributed by atoms with Gasteiger partial charge in [0.1, 0.15) is 0 Å². The summed E-state index contributed by atoms with van der Waals surface area (Å²) in [5.74, 6) is -0.0335. The predicted octanol–water partition coefficient (Wildman–Crippen LogP) is 2.76. The molecule has 2 aromatic rings. The molecule has 0 radical (unpaired) electrons. The van der Waals surface area contributed by atoms with Crippen LogP contribution in [0.2, 0.25) is 0 Å². The lowest BCUT2D eigenvalue weighted by Crippen LogP contribution is -2.45. The highest BCUT2D eigenvalue weighted by Gasteiger charge is 2.23. The Hall–Kier alpha value is -2.17. The fraction of sp³-hybridized carbons (Fsp3) is 0.381. The van der Waals surface area contributed by atoms with Gasteiger partial charge in [-0.25, -0.2) is 0 Å². The quantitative estimate of drug-likeness (QED) is 0.882. The normalized spacial score (nSPS) is 18.1. The van der Waals surface area contributed by atoms with Gasteiger partial charge in [0.05, 0.1) is 0 Å². The van der Waals surface area contributed by atoms with Crippen LogP contribution in [-0.4, -0.2) is 37.5 Å². The van der Waals surface area contributed by atoms with Gasteiger partial charge in [-0.3, -0.25) is 9.69 Å². The standard InChI is InChI=1S/C21H27N3O/c1-3-16-7-9-18(10-8-16)20-14-23-11-12-24(20)15-17-5-4-6-19(13-17)21(25)22-2/h4-10,13,20,23H,3,11-12,14-15H2,1-2H3,(H,22,25). The van der Waals surface area contributed by atoms with Crippen LogP contribution in [-0.2, 0) is 13.0 Å². The first-order valence-corrected chi connectivity index (χ1v) is 9.06. The van der Waals surface area contributed by atoms with Crippen molar-refractivity contribution < 1.29 is 4.79 Å². The summed E-state index contributed by atoms with van der Waals surface area (Å²) in [6.07, 6.45) is 1.07. The molecule has 1 fully saturated rings. The van der Waals surface area contributed by atoms with Gasteiger partial charge in [-0.2, -0.15) is 0 Å². The summed E-state index contributed by atoms with van der Waals surface area (Å²) in [6.45, 7) is 6.00. The van der Waals surface area contributed by atoms with Gasteiger partial charge in [0.25, 0.3) is 5.91 Å². The van der Waals surface area contributed by atoms with Crippen molar-refractivity contribution >= 4 is 5.91 Å². The van der Waals surface area contributed by atoms with Gasteiger partial charge < -0.3 is 10.6 Å². The second-order valence-electron chi connectivity index (χ2n) is 6.57. The number of piperazine rings is 1. The Bertz CT molecular complexity index is 711. The second kappa shape index (κ2) is 8.28. The van der Waals surface area contributed by atoms with E-state index < -0.39 is 0 Å². The molecule has 4 heteroatoms. The fourth-order valence-electron chi connectivity index (χ4n) is 3.43. The van der Waals surface area contributed by atoms with Crippen LogP contribution >= 0.6 is 0 Å². The third kappa shape index (κ3) is 4.27. The molecule has 0 aromatic heterocycles. The summed E-state index contributed by atoms with van der Waals surface area (Å²) in [5.41, 5.74) is 4.63. The molecule has 0 spiro atoms. The molecule has 2 aromatic carbocycles. The maximum atomic E-state index is 11.9. The monoisotopic (exact) mass is 337 g/mol. The van der Waals surface area contributed by atoms with Gasteiger partial charge in [-0.1, -0.05) is 43.3 Å². The fourth-order valence-corrected chi connectivity index (χ4v) is 3.43. The molecule has 0 bridgehead atoms. The number of amides is 1. The first-order chi connectivity index (χ1) is 12.2. The molecule has 0 saturated carbocycles. The van der Waals surface area contributed by atoms with Crippen molar-refractivity contribution in [3.8, 4) is 0 Å². The second-order valence-corrected chi connectivity index (χ2v) is 6.57. The maximum absolute atomic E-state index is 11.9. The molecule has 132 valence electrons. The van der Waals surface area contributed by atoms with Crippen molar-refractivity contribution in [1.82, 2.24) is 15.5 Å². The minimum atomic E-state index is -0.0335. The first kappa shape index (κ1) is 17.6. The number of carbonyl (C=O) groups is 1. The molecule has 0 aliphatic carbocycles. The van der Waals surface area contributed by atoms with Crippen LogP contribution in [0.15, 0.2) is 48.5 Å². The van der Waals surface area contributed by atoms with Crippen molar-refractivity contribution in [1.29, 1.82) is 0 Å². The number of aryl methyl sites for hydroxylation is 1. The number of benzene rings is 2. The molecule has 3 rings (SSSR count). The van der Waals surface area contributed by atoms with Crippen molar-refractivity contribution in [3.05, 3.63) is 70.8 Å². The van der Waals surface area contributed by atoms with Gasteiger partial charge in [-0.05, 0) is 35.2 Å². The van der Waals surface area contributed by atoms with Gasteiger partial charge in [0.2, 0.25) is 0 Å². The Labute approximate surface area is 150 Å². The number of hydrogen-bond donors (Lipinski definition) is 2. The van der Waals surface area contributed by atoms with Crippen LogP contribution in [0.1, 0.15) is 40.0 Å². The molecular formula is C21H27N3O. The molecular weight excluding hydrogens is 310 g/mol. The molecule has 1 amide bonds. The predicted molar refractivity (Wildman–Crippen MR) is 102 cm³/mol. The van der Waals surface area contributed by atoms with Crippen LogP contribution in [0.5, 0.6) is 0 Å². The maximum Gasteiger partial charge on any atom is 0.251 e. The highest BCUT2D eigenvalue weighted by Crippen LogP contribution is 2.25. The zero-order valence-corrected chi connectivity index (χ0v) is 15.1. The lowest BCUT2D eigenvalue weighted by atomic mass is 10.00. The van der Waals surface area contributed by atoms with Crippen LogP contribution in [0.25, 0.3) is 0 Å². The molecule has 1 unspecified atom stereocenters. The van der Waals surface area contributed by atoms with Crippen molar-refractivity contribution in [2.24, 2.45) is 0 Å². The van der Waals surface area contributed by atoms with Crippen molar-refractivity contribution in [3.63, 3.8) is 0 Å². The van der Waals surface area contributed by atoms with E-state index in [1.54, 1.807) is 7.05 Å². The van der Waals surface area contributed by atoms with E-state index in [-0.39, 0.29) is 5.91 Å². The van der Waals surface area contributed by atoms with Crippen LogP contribution in [0, 0.1) is 0 Å². The minimum Gasteiger partial charge on any atom is -0.355 e. The van der Waals surface area contributed by atoms with Gasteiger partial charge in [-0.15, -0.1) is 0 Å². The third-order valence-electron chi connectivity index (χ3n) is 4.93. The smallest absolute Gasteiger partial charge is 0.251 e. The molecule has 1 aliphatic heterocycles. The van der Waals surface area contributed by atoms with E-state index in [2.05, 4.69) is 52.8 Å². The van der Waals surface area contributed by atoms with Crippen molar-refractivity contribution in [2.75, 3.05) is 26.7 Å². The number of rotatable bonds is 5. The van der Waals surface area contributed by atoms with Crippen LogP contribution in [0.4, 0.5) is 0 Å². The van der Waals surface area contributed by atoms with Crippen molar-refractivity contribution in [2.45, 2.75) is 25.9 Å². The Balaban J connectivity index is 1.78. The number of nitrogens with one attached hydrogen (secondary N) is 2. The summed E-state index contributed by atoms with van der Waals surface area (Å²) in [5, 5.41) is 6.21. The van der Waals surface area contributed by atoms with Gasteiger partial charge >= 0.3 is 0 Å². The van der Waals surface area contributed by atoms with E-state index in [0.29, 0.717) is 6.04 Å². The van der Waals surface area contributed by atoms with E-state index >= 15 is 0 Å². The van der Waals surface area contributed by atoms with Gasteiger partial charge in [0.15, 0.2) is 0 Å². The number of hydrogen-bond acceptors (Lipinski definition) is 3. The van der Waals surface area contributed by atoms with Crippen LogP contribution in [0.3, 0.4) is 0 Å². The number of nitrogens with zero attached hydrogens (tertiary/aromatic N) is 1. The molecule has 4 nitrogen and oxygen atoms in total. The highest BCUT2D eigenvalue weighted by atomic mass is 16.1. The van der Waals surface area contributed by atoms with E-state index in [9.17, 15) is 4.79 Å². The van der Waals surface area contributed by atoms with Gasteiger partial charge in [0, 0.05) is 44.8 Å². The third-order valence-corrected chi connectivity index (χ3v) is 4.93. The molecule has 25 heavy (non-hydrogen) atoms. The zero-order valence-electron chi connectivity index (χ0n) is 15.1. The molecule has 1 saturated heterocycles. The summed E-state index contributed by atoms with van der Waals surface area (Å²) in [6, 6.07) is 17.3. The summed E-state index contributed by atoms with van der Waals surface area (Å²) >= 11 is 0. The molecule has 1 atom stereocenters. The molecule has 2 N–H and O–H groups in total. The average molecular weight is 337 g/mol. The summed E-state index contributed by atoms with van der Waals surface area (Å²) in [7, 11) is 1.67. The molecule has 1 heterocycles. The Kier molecular flexibility index (Phi) is 5.84. The lowest BCUT2D eigenvalue weighted by Gasteiger charge is -2.36. The van der Waals surface area contributed by atoms with E-state index in [1.165, 1.54) is 16.7 Å². The summed E-state index contributed by atoms with van der Waals surface area (Å²) < 4.78 is 0. The average Bonchev–Trinajstić information content (AvgIpc) is 2.68.